The SMILES string of the molecule is O=C(NCCN1CCCC1)c1ccc2nc(Cc3ccccc3F)oc2c1. The van der Waals surface area contributed by atoms with Crippen LogP contribution in [0.15, 0.2) is 46.9 Å². The number of hydrogen-bond donors (Lipinski definition) is 1. The van der Waals surface area contributed by atoms with Gasteiger partial charge in [-0.15, -0.1) is 0 Å². The lowest BCUT2D eigenvalue weighted by molar-refractivity contribution is 0.0949. The Morgan fingerprint density at radius 3 is 2.81 bits per heavy atom. The molecule has 5 nitrogen and oxygen atoms in total. The second-order valence-corrected chi connectivity index (χ2v) is 6.86. The molecular weight excluding hydrogens is 345 g/mol. The van der Waals surface area contributed by atoms with Gasteiger partial charge in [0.15, 0.2) is 11.5 Å². The van der Waals surface area contributed by atoms with Crippen LogP contribution in [0.25, 0.3) is 11.1 Å². The topological polar surface area (TPSA) is 58.4 Å². The average molecular weight is 367 g/mol. The van der Waals surface area contributed by atoms with Crippen LogP contribution in [0.2, 0.25) is 0 Å². The standard InChI is InChI=1S/C21H22FN3O2/c22-17-6-2-1-5-15(17)14-20-24-18-8-7-16(13-19(18)27-20)21(26)23-9-12-25-10-3-4-11-25/h1-2,5-8,13H,3-4,9-12,14H2,(H,23,26). The van der Waals surface area contributed by atoms with E-state index in [4.69, 9.17) is 4.42 Å². The van der Waals surface area contributed by atoms with Gasteiger partial charge in [0.05, 0.1) is 6.42 Å². The van der Waals surface area contributed by atoms with Crippen LogP contribution in [0.4, 0.5) is 4.39 Å². The third kappa shape index (κ3) is 4.17. The molecule has 2 aromatic carbocycles. The van der Waals surface area contributed by atoms with Crippen molar-refractivity contribution in [2.75, 3.05) is 26.2 Å². The summed E-state index contributed by atoms with van der Waals surface area (Å²) in [5.41, 5.74) is 2.27. The van der Waals surface area contributed by atoms with E-state index in [1.807, 2.05) is 0 Å². The molecule has 0 saturated carbocycles. The summed E-state index contributed by atoms with van der Waals surface area (Å²) in [7, 11) is 0. The number of fused-ring (bicyclic) bond motifs is 1. The molecular formula is C21H22FN3O2. The van der Waals surface area contributed by atoms with E-state index in [1.54, 1.807) is 36.4 Å². The van der Waals surface area contributed by atoms with Crippen LogP contribution in [0, 0.1) is 5.82 Å². The van der Waals surface area contributed by atoms with E-state index in [0.29, 0.717) is 34.7 Å². The maximum absolute atomic E-state index is 13.8. The molecule has 2 heterocycles. The first-order chi connectivity index (χ1) is 13.2. The second-order valence-electron chi connectivity index (χ2n) is 6.86. The van der Waals surface area contributed by atoms with Crippen molar-refractivity contribution in [1.82, 2.24) is 15.2 Å². The van der Waals surface area contributed by atoms with Crippen molar-refractivity contribution in [2.45, 2.75) is 19.3 Å². The van der Waals surface area contributed by atoms with Gasteiger partial charge in [0.25, 0.3) is 5.91 Å². The van der Waals surface area contributed by atoms with Crippen LogP contribution >= 0.6 is 0 Å². The fourth-order valence-electron chi connectivity index (χ4n) is 3.43. The highest BCUT2D eigenvalue weighted by Gasteiger charge is 2.14. The first kappa shape index (κ1) is 17.7. The molecule has 1 aliphatic heterocycles. The molecule has 3 aromatic rings. The Morgan fingerprint density at radius 1 is 1.19 bits per heavy atom. The van der Waals surface area contributed by atoms with Gasteiger partial charge in [0, 0.05) is 18.7 Å². The Bertz CT molecular complexity index is 948. The lowest BCUT2D eigenvalue weighted by Gasteiger charge is -2.14. The van der Waals surface area contributed by atoms with E-state index < -0.39 is 0 Å². The quantitative estimate of drug-likeness (QED) is 0.726. The number of amides is 1. The smallest absolute Gasteiger partial charge is 0.251 e. The van der Waals surface area contributed by atoms with E-state index in [9.17, 15) is 9.18 Å². The van der Waals surface area contributed by atoms with Gasteiger partial charge in [-0.25, -0.2) is 9.37 Å². The molecule has 1 N–H and O–H groups in total. The van der Waals surface area contributed by atoms with Crippen molar-refractivity contribution in [3.8, 4) is 0 Å². The number of carbonyl (C=O) groups is 1. The van der Waals surface area contributed by atoms with Gasteiger partial charge < -0.3 is 14.6 Å². The summed E-state index contributed by atoms with van der Waals surface area (Å²) in [6, 6.07) is 11.8. The Kier molecular flexibility index (Phi) is 5.16. The van der Waals surface area contributed by atoms with Gasteiger partial charge in [-0.2, -0.15) is 0 Å². The van der Waals surface area contributed by atoms with Gasteiger partial charge in [0.2, 0.25) is 0 Å². The molecule has 6 heteroatoms. The van der Waals surface area contributed by atoms with Gasteiger partial charge in [-0.3, -0.25) is 4.79 Å². The van der Waals surface area contributed by atoms with Gasteiger partial charge >= 0.3 is 0 Å². The third-order valence-corrected chi connectivity index (χ3v) is 4.91. The number of carbonyl (C=O) groups excluding carboxylic acids is 1. The third-order valence-electron chi connectivity index (χ3n) is 4.91. The summed E-state index contributed by atoms with van der Waals surface area (Å²) in [6.45, 7) is 3.74. The van der Waals surface area contributed by atoms with Crippen LogP contribution in [0.1, 0.15) is 34.7 Å². The van der Waals surface area contributed by atoms with E-state index in [0.717, 1.165) is 19.6 Å². The van der Waals surface area contributed by atoms with E-state index in [2.05, 4.69) is 15.2 Å². The average Bonchev–Trinajstić information content (AvgIpc) is 3.32. The highest BCUT2D eigenvalue weighted by atomic mass is 19.1. The molecule has 4 rings (SSSR count). The molecule has 1 saturated heterocycles. The lowest BCUT2D eigenvalue weighted by Crippen LogP contribution is -2.33. The molecule has 1 fully saturated rings. The number of oxazole rings is 1. The van der Waals surface area contributed by atoms with Gasteiger partial charge in [-0.1, -0.05) is 18.2 Å². The van der Waals surface area contributed by atoms with Crippen molar-refractivity contribution in [3.63, 3.8) is 0 Å². The number of nitrogens with zero attached hydrogens (tertiary/aromatic N) is 2. The number of hydrogen-bond acceptors (Lipinski definition) is 4. The van der Waals surface area contributed by atoms with E-state index >= 15 is 0 Å². The first-order valence-corrected chi connectivity index (χ1v) is 9.32. The summed E-state index contributed by atoms with van der Waals surface area (Å²) in [5, 5.41) is 2.95. The predicted octanol–water partition coefficient (Wildman–Crippen LogP) is 3.38. The molecule has 0 radical (unpaired) electrons. The second kappa shape index (κ2) is 7.88. The molecule has 0 unspecified atom stereocenters. The maximum Gasteiger partial charge on any atom is 0.251 e. The number of rotatable bonds is 6. The van der Waals surface area contributed by atoms with Crippen molar-refractivity contribution < 1.29 is 13.6 Å². The van der Waals surface area contributed by atoms with Crippen molar-refractivity contribution in [1.29, 1.82) is 0 Å². The molecule has 1 aliphatic rings. The van der Waals surface area contributed by atoms with Crippen molar-refractivity contribution in [3.05, 3.63) is 65.3 Å². The molecule has 1 amide bonds. The van der Waals surface area contributed by atoms with Gasteiger partial charge in [-0.05, 0) is 55.8 Å². The number of aromatic nitrogens is 1. The molecule has 0 aliphatic carbocycles. The lowest BCUT2D eigenvalue weighted by atomic mass is 10.1. The highest BCUT2D eigenvalue weighted by Crippen LogP contribution is 2.20. The molecule has 0 spiro atoms. The molecule has 27 heavy (non-hydrogen) atoms. The van der Waals surface area contributed by atoms with Crippen LogP contribution < -0.4 is 5.32 Å². The van der Waals surface area contributed by atoms with Crippen molar-refractivity contribution in [2.24, 2.45) is 0 Å². The maximum atomic E-state index is 13.8. The van der Waals surface area contributed by atoms with E-state index in [1.165, 1.54) is 18.9 Å². The Hall–Kier alpha value is -2.73. The van der Waals surface area contributed by atoms with E-state index in [-0.39, 0.29) is 18.1 Å². The minimum absolute atomic E-state index is 0.122. The Balaban J connectivity index is 1.42. The molecule has 0 bridgehead atoms. The zero-order valence-electron chi connectivity index (χ0n) is 15.1. The van der Waals surface area contributed by atoms with Crippen LogP contribution in [0.5, 0.6) is 0 Å². The number of nitrogens with one attached hydrogen (secondary N) is 1. The fraction of sp³-hybridized carbons (Fsp3) is 0.333. The normalized spacial score (nSPS) is 14.7. The first-order valence-electron chi connectivity index (χ1n) is 9.32. The summed E-state index contributed by atoms with van der Waals surface area (Å²) >= 11 is 0. The number of benzene rings is 2. The predicted molar refractivity (Wildman–Crippen MR) is 101 cm³/mol. The van der Waals surface area contributed by atoms with Gasteiger partial charge in [0.1, 0.15) is 11.3 Å². The summed E-state index contributed by atoms with van der Waals surface area (Å²) in [6.07, 6.45) is 2.76. The molecule has 0 atom stereocenters. The largest absolute Gasteiger partial charge is 0.440 e. The molecule has 1 aromatic heterocycles. The van der Waals surface area contributed by atoms with Crippen LogP contribution in [0.3, 0.4) is 0 Å². The summed E-state index contributed by atoms with van der Waals surface area (Å²) in [4.78, 5) is 19.1. The minimum Gasteiger partial charge on any atom is -0.440 e. The zero-order chi connectivity index (χ0) is 18.6. The van der Waals surface area contributed by atoms with Crippen molar-refractivity contribution >= 4 is 17.0 Å². The Labute approximate surface area is 157 Å². The Morgan fingerprint density at radius 2 is 2.00 bits per heavy atom. The fourth-order valence-corrected chi connectivity index (χ4v) is 3.43. The van der Waals surface area contributed by atoms with Crippen LogP contribution in [-0.2, 0) is 6.42 Å². The number of likely N-dealkylation sites (tertiary alicyclic amines) is 1. The monoisotopic (exact) mass is 367 g/mol. The summed E-state index contributed by atoms with van der Waals surface area (Å²) in [5.74, 6) is 0.0302. The van der Waals surface area contributed by atoms with Crippen LogP contribution in [-0.4, -0.2) is 42.0 Å². The number of halogens is 1. The minimum atomic E-state index is -0.280. The summed E-state index contributed by atoms with van der Waals surface area (Å²) < 4.78 is 19.5. The molecule has 140 valence electrons. The zero-order valence-corrected chi connectivity index (χ0v) is 15.1. The highest BCUT2D eigenvalue weighted by molar-refractivity contribution is 5.97.